The highest BCUT2D eigenvalue weighted by Gasteiger charge is 2.38. The SMILES string of the molecule is N#CC1CN(S(=O)(=O)c2cccc(C(=O)N3CCC[C@@H]3C(=O)NCc3ccc(Cl)nc3)c2)C1. The number of pyridine rings is 1. The average molecular weight is 488 g/mol. The predicted octanol–water partition coefficient (Wildman–Crippen LogP) is 1.80. The first-order chi connectivity index (χ1) is 15.8. The number of carbonyl (C=O) groups is 2. The molecule has 1 N–H and O–H groups in total. The number of aromatic nitrogens is 1. The molecule has 2 amide bonds. The second kappa shape index (κ2) is 9.47. The van der Waals surface area contributed by atoms with Crippen LogP contribution in [0.25, 0.3) is 0 Å². The Morgan fingerprint density at radius 1 is 1.24 bits per heavy atom. The van der Waals surface area contributed by atoms with Gasteiger partial charge in [0.15, 0.2) is 0 Å². The zero-order valence-corrected chi connectivity index (χ0v) is 19.2. The number of benzene rings is 1. The number of amides is 2. The molecule has 172 valence electrons. The minimum Gasteiger partial charge on any atom is -0.350 e. The Labute approximate surface area is 197 Å². The van der Waals surface area contributed by atoms with Gasteiger partial charge >= 0.3 is 0 Å². The Morgan fingerprint density at radius 3 is 2.73 bits per heavy atom. The summed E-state index contributed by atoms with van der Waals surface area (Å²) in [6.07, 6.45) is 2.77. The summed E-state index contributed by atoms with van der Waals surface area (Å²) in [6, 6.07) is 10.6. The number of nitrogens with zero attached hydrogens (tertiary/aromatic N) is 4. The Bertz CT molecular complexity index is 1210. The molecule has 0 unspecified atom stereocenters. The Kier molecular flexibility index (Phi) is 6.65. The Balaban J connectivity index is 1.44. The van der Waals surface area contributed by atoms with Crippen LogP contribution in [0.15, 0.2) is 47.5 Å². The molecule has 11 heteroatoms. The van der Waals surface area contributed by atoms with E-state index < -0.39 is 22.0 Å². The predicted molar refractivity (Wildman–Crippen MR) is 119 cm³/mol. The van der Waals surface area contributed by atoms with Crippen molar-refractivity contribution in [2.75, 3.05) is 19.6 Å². The zero-order chi connectivity index (χ0) is 23.6. The largest absolute Gasteiger partial charge is 0.350 e. The molecule has 9 nitrogen and oxygen atoms in total. The lowest BCUT2D eigenvalue weighted by Gasteiger charge is -2.34. The van der Waals surface area contributed by atoms with Crippen molar-refractivity contribution in [2.24, 2.45) is 5.92 Å². The van der Waals surface area contributed by atoms with Gasteiger partial charge in [0, 0.05) is 37.9 Å². The topological polar surface area (TPSA) is 123 Å². The molecule has 33 heavy (non-hydrogen) atoms. The van der Waals surface area contributed by atoms with Crippen LogP contribution in [0.5, 0.6) is 0 Å². The summed E-state index contributed by atoms with van der Waals surface area (Å²) in [5.41, 5.74) is 0.987. The third-order valence-electron chi connectivity index (χ3n) is 5.82. The van der Waals surface area contributed by atoms with Gasteiger partial charge in [-0.1, -0.05) is 23.7 Å². The molecular formula is C22H22ClN5O4S. The number of rotatable bonds is 6. The number of carbonyl (C=O) groups excluding carboxylic acids is 2. The molecule has 1 aromatic carbocycles. The third kappa shape index (κ3) is 4.85. The van der Waals surface area contributed by atoms with Crippen molar-refractivity contribution in [3.63, 3.8) is 0 Å². The molecule has 0 saturated carbocycles. The van der Waals surface area contributed by atoms with Gasteiger partial charge in [-0.25, -0.2) is 13.4 Å². The first-order valence-corrected chi connectivity index (χ1v) is 12.3. The molecule has 2 aliphatic rings. The maximum Gasteiger partial charge on any atom is 0.254 e. The van der Waals surface area contributed by atoms with E-state index in [2.05, 4.69) is 10.3 Å². The van der Waals surface area contributed by atoms with E-state index in [0.29, 0.717) is 24.5 Å². The first-order valence-electron chi connectivity index (χ1n) is 10.5. The standard InChI is InChI=1S/C22H22ClN5O4S/c23-20-7-6-15(11-25-20)12-26-21(29)19-5-2-8-28(19)22(30)17-3-1-4-18(9-17)33(31,32)27-13-16(10-24)14-27/h1,3-4,6-7,9,11,16,19H,2,5,8,12-14H2,(H,26,29)/t19-/m1/s1. The summed E-state index contributed by atoms with van der Waals surface area (Å²) >= 11 is 5.78. The van der Waals surface area contributed by atoms with Crippen LogP contribution in [-0.4, -0.2) is 60.1 Å². The zero-order valence-electron chi connectivity index (χ0n) is 17.6. The molecule has 0 radical (unpaired) electrons. The lowest BCUT2D eigenvalue weighted by molar-refractivity contribution is -0.125. The second-order valence-corrected chi connectivity index (χ2v) is 10.4. The summed E-state index contributed by atoms with van der Waals surface area (Å²) in [5.74, 6) is -0.976. The van der Waals surface area contributed by atoms with Gasteiger partial charge in [0.2, 0.25) is 15.9 Å². The molecule has 0 spiro atoms. The molecule has 2 aliphatic heterocycles. The normalized spacial score (nSPS) is 19.0. The molecule has 2 aromatic rings. The van der Waals surface area contributed by atoms with Gasteiger partial charge in [-0.2, -0.15) is 9.57 Å². The van der Waals surface area contributed by atoms with Crippen molar-refractivity contribution in [2.45, 2.75) is 30.3 Å². The highest BCUT2D eigenvalue weighted by Crippen LogP contribution is 2.26. The van der Waals surface area contributed by atoms with Gasteiger partial charge in [-0.3, -0.25) is 9.59 Å². The number of halogens is 1. The van der Waals surface area contributed by atoms with Crippen molar-refractivity contribution in [3.8, 4) is 6.07 Å². The van der Waals surface area contributed by atoms with E-state index in [4.69, 9.17) is 16.9 Å². The van der Waals surface area contributed by atoms with Crippen molar-refractivity contribution in [3.05, 3.63) is 58.9 Å². The monoisotopic (exact) mass is 487 g/mol. The maximum atomic E-state index is 13.2. The van der Waals surface area contributed by atoms with Crippen LogP contribution in [0.1, 0.15) is 28.8 Å². The summed E-state index contributed by atoms with van der Waals surface area (Å²) in [7, 11) is -3.78. The average Bonchev–Trinajstić information content (AvgIpc) is 3.27. The van der Waals surface area contributed by atoms with Crippen LogP contribution in [0.4, 0.5) is 0 Å². The Morgan fingerprint density at radius 2 is 2.03 bits per heavy atom. The molecule has 3 heterocycles. The molecule has 0 aliphatic carbocycles. The van der Waals surface area contributed by atoms with E-state index in [1.165, 1.54) is 27.4 Å². The van der Waals surface area contributed by atoms with Crippen LogP contribution in [-0.2, 0) is 21.4 Å². The maximum absolute atomic E-state index is 13.2. The second-order valence-electron chi connectivity index (χ2n) is 8.04. The minimum atomic E-state index is -3.78. The third-order valence-corrected chi connectivity index (χ3v) is 7.87. The smallest absolute Gasteiger partial charge is 0.254 e. The van der Waals surface area contributed by atoms with Gasteiger partial charge in [-0.05, 0) is 42.7 Å². The van der Waals surface area contributed by atoms with Crippen LogP contribution in [0.3, 0.4) is 0 Å². The van der Waals surface area contributed by atoms with E-state index >= 15 is 0 Å². The van der Waals surface area contributed by atoms with Crippen molar-refractivity contribution >= 4 is 33.4 Å². The lowest BCUT2D eigenvalue weighted by atomic mass is 10.1. The van der Waals surface area contributed by atoms with Crippen molar-refractivity contribution < 1.29 is 18.0 Å². The Hall–Kier alpha value is -3.00. The van der Waals surface area contributed by atoms with E-state index in [0.717, 1.165) is 5.56 Å². The molecule has 1 atom stereocenters. The number of sulfonamides is 1. The van der Waals surface area contributed by atoms with Gasteiger partial charge in [0.25, 0.3) is 5.91 Å². The fraction of sp³-hybridized carbons (Fsp3) is 0.364. The van der Waals surface area contributed by atoms with Crippen molar-refractivity contribution in [1.29, 1.82) is 5.26 Å². The van der Waals surface area contributed by atoms with E-state index in [9.17, 15) is 18.0 Å². The van der Waals surface area contributed by atoms with E-state index in [1.807, 2.05) is 6.07 Å². The molecule has 2 fully saturated rings. The van der Waals surface area contributed by atoms with E-state index in [1.54, 1.807) is 24.4 Å². The summed E-state index contributed by atoms with van der Waals surface area (Å²) in [6.45, 7) is 0.962. The van der Waals surface area contributed by atoms with Crippen LogP contribution >= 0.6 is 11.6 Å². The number of nitriles is 1. The van der Waals surface area contributed by atoms with E-state index in [-0.39, 0.29) is 41.9 Å². The van der Waals surface area contributed by atoms with Gasteiger partial charge in [0.1, 0.15) is 11.2 Å². The molecular weight excluding hydrogens is 466 g/mol. The van der Waals surface area contributed by atoms with Gasteiger partial charge in [0.05, 0.1) is 16.9 Å². The van der Waals surface area contributed by atoms with Crippen molar-refractivity contribution in [1.82, 2.24) is 19.5 Å². The molecule has 4 rings (SSSR count). The number of nitrogens with one attached hydrogen (secondary N) is 1. The summed E-state index contributed by atoms with van der Waals surface area (Å²) in [4.78, 5) is 31.4. The molecule has 0 bridgehead atoms. The first kappa shape index (κ1) is 23.2. The van der Waals surface area contributed by atoms with Gasteiger partial charge < -0.3 is 10.2 Å². The van der Waals surface area contributed by atoms with Crippen LogP contribution < -0.4 is 5.32 Å². The summed E-state index contributed by atoms with van der Waals surface area (Å²) < 4.78 is 26.8. The fourth-order valence-electron chi connectivity index (χ4n) is 3.92. The lowest BCUT2D eigenvalue weighted by Crippen LogP contribution is -2.49. The fourth-order valence-corrected chi connectivity index (χ4v) is 5.61. The molecule has 2 saturated heterocycles. The van der Waals surface area contributed by atoms with Crippen LogP contribution in [0.2, 0.25) is 5.15 Å². The molecule has 1 aromatic heterocycles. The highest BCUT2D eigenvalue weighted by atomic mass is 35.5. The number of hydrogen-bond acceptors (Lipinski definition) is 6. The summed E-state index contributed by atoms with van der Waals surface area (Å²) in [5, 5.41) is 12.1. The minimum absolute atomic E-state index is 0.000164. The quantitative estimate of drug-likeness (QED) is 0.619. The number of likely N-dealkylation sites (tertiary alicyclic amines) is 1. The van der Waals surface area contributed by atoms with Crippen LogP contribution in [0, 0.1) is 17.2 Å². The number of hydrogen-bond donors (Lipinski definition) is 1. The van der Waals surface area contributed by atoms with Gasteiger partial charge in [-0.15, -0.1) is 0 Å². The highest BCUT2D eigenvalue weighted by molar-refractivity contribution is 7.89.